The van der Waals surface area contributed by atoms with Crippen molar-refractivity contribution in [1.82, 2.24) is 9.55 Å². The number of aryl methyl sites for hydroxylation is 1. The fourth-order valence-corrected chi connectivity index (χ4v) is 3.72. The molecule has 114 valence electrons. The summed E-state index contributed by atoms with van der Waals surface area (Å²) >= 11 is 0. The Hall–Kier alpha value is -1.35. The fraction of sp³-hybridized carbons (Fsp3) is 0.611. The van der Waals surface area contributed by atoms with Crippen LogP contribution in [0.25, 0.3) is 11.0 Å². The second kappa shape index (κ2) is 6.61. The molecule has 3 nitrogen and oxygen atoms in total. The highest BCUT2D eigenvalue weighted by Crippen LogP contribution is 2.29. The Kier molecular flexibility index (Phi) is 4.59. The first-order valence-electron chi connectivity index (χ1n) is 8.47. The van der Waals surface area contributed by atoms with Gasteiger partial charge in [-0.25, -0.2) is 4.98 Å². The number of hydrogen-bond donors (Lipinski definition) is 1. The van der Waals surface area contributed by atoms with Gasteiger partial charge in [-0.1, -0.05) is 37.8 Å². The molecule has 0 amide bonds. The third-order valence-electron chi connectivity index (χ3n) is 4.92. The van der Waals surface area contributed by atoms with E-state index in [4.69, 9.17) is 10.7 Å². The summed E-state index contributed by atoms with van der Waals surface area (Å²) in [5.74, 6) is 2.08. The van der Waals surface area contributed by atoms with E-state index in [0.717, 1.165) is 36.6 Å². The van der Waals surface area contributed by atoms with Crippen molar-refractivity contribution in [2.45, 2.75) is 64.5 Å². The van der Waals surface area contributed by atoms with Crippen molar-refractivity contribution < 1.29 is 0 Å². The molecule has 0 aliphatic heterocycles. The molecule has 1 aromatic heterocycles. The van der Waals surface area contributed by atoms with E-state index >= 15 is 0 Å². The van der Waals surface area contributed by atoms with Gasteiger partial charge in [0.2, 0.25) is 0 Å². The topological polar surface area (TPSA) is 43.8 Å². The van der Waals surface area contributed by atoms with Crippen molar-refractivity contribution in [3.8, 4) is 0 Å². The van der Waals surface area contributed by atoms with E-state index in [-0.39, 0.29) is 6.04 Å². The summed E-state index contributed by atoms with van der Waals surface area (Å²) in [5.41, 5.74) is 8.70. The molecule has 1 unspecified atom stereocenters. The van der Waals surface area contributed by atoms with Crippen LogP contribution in [0.5, 0.6) is 0 Å². The van der Waals surface area contributed by atoms with Crippen LogP contribution in [0.2, 0.25) is 0 Å². The van der Waals surface area contributed by atoms with Crippen LogP contribution in [0.15, 0.2) is 24.3 Å². The lowest BCUT2D eigenvalue weighted by atomic mass is 9.97. The Bertz CT molecular complexity index is 581. The zero-order chi connectivity index (χ0) is 14.7. The van der Waals surface area contributed by atoms with E-state index in [1.54, 1.807) is 0 Å². The lowest BCUT2D eigenvalue weighted by Crippen LogP contribution is -2.25. The second-order valence-corrected chi connectivity index (χ2v) is 6.45. The van der Waals surface area contributed by atoms with E-state index in [1.807, 2.05) is 0 Å². The highest BCUT2D eigenvalue weighted by molar-refractivity contribution is 5.75. The zero-order valence-electron chi connectivity index (χ0n) is 13.1. The van der Waals surface area contributed by atoms with Crippen LogP contribution in [0.1, 0.15) is 51.3 Å². The molecular weight excluding hydrogens is 258 g/mol. The maximum atomic E-state index is 6.38. The van der Waals surface area contributed by atoms with Crippen LogP contribution in [0.4, 0.5) is 0 Å². The lowest BCUT2D eigenvalue weighted by molar-refractivity contribution is 0.442. The Morgan fingerprint density at radius 1 is 1.29 bits per heavy atom. The number of nitrogens with zero attached hydrogens (tertiary/aromatic N) is 2. The van der Waals surface area contributed by atoms with Crippen molar-refractivity contribution in [1.29, 1.82) is 0 Å². The summed E-state index contributed by atoms with van der Waals surface area (Å²) in [6.07, 6.45) is 9.01. The normalized spacial score (nSPS) is 17.6. The first-order valence-corrected chi connectivity index (χ1v) is 8.47. The van der Waals surface area contributed by atoms with Gasteiger partial charge in [0.05, 0.1) is 11.0 Å². The minimum Gasteiger partial charge on any atom is -0.328 e. The smallest absolute Gasteiger partial charge is 0.111 e. The van der Waals surface area contributed by atoms with E-state index in [9.17, 15) is 0 Å². The highest BCUT2D eigenvalue weighted by Gasteiger charge is 2.17. The zero-order valence-corrected chi connectivity index (χ0v) is 13.1. The Morgan fingerprint density at radius 2 is 2.05 bits per heavy atom. The van der Waals surface area contributed by atoms with Crippen molar-refractivity contribution in [3.63, 3.8) is 0 Å². The Balaban J connectivity index is 1.65. The summed E-state index contributed by atoms with van der Waals surface area (Å²) in [6.45, 7) is 3.15. The highest BCUT2D eigenvalue weighted by atomic mass is 15.1. The summed E-state index contributed by atoms with van der Waals surface area (Å²) in [4.78, 5) is 4.79. The Morgan fingerprint density at radius 3 is 2.81 bits per heavy atom. The molecule has 3 rings (SSSR count). The summed E-state index contributed by atoms with van der Waals surface area (Å²) < 4.78 is 2.31. The molecule has 0 radical (unpaired) electrons. The molecule has 1 saturated carbocycles. The van der Waals surface area contributed by atoms with Gasteiger partial charge in [-0.2, -0.15) is 0 Å². The number of aromatic nitrogens is 2. The monoisotopic (exact) mass is 285 g/mol. The third kappa shape index (κ3) is 3.29. The van der Waals surface area contributed by atoms with Gasteiger partial charge < -0.3 is 10.3 Å². The molecule has 0 bridgehead atoms. The maximum Gasteiger partial charge on any atom is 0.111 e. The van der Waals surface area contributed by atoms with Crippen LogP contribution < -0.4 is 5.73 Å². The van der Waals surface area contributed by atoms with Crippen molar-refractivity contribution >= 4 is 11.0 Å². The van der Waals surface area contributed by atoms with Crippen LogP contribution in [-0.2, 0) is 13.0 Å². The van der Waals surface area contributed by atoms with Crippen molar-refractivity contribution in [2.75, 3.05) is 0 Å². The molecule has 3 heteroatoms. The van der Waals surface area contributed by atoms with Crippen LogP contribution in [-0.4, -0.2) is 15.6 Å². The molecule has 0 saturated heterocycles. The molecule has 1 aliphatic carbocycles. The standard InChI is InChI=1S/C18H27N3/c1-2-21-17-10-6-5-9-16(17)20-18(21)13-15(19)12-11-14-7-3-4-8-14/h5-6,9-10,14-15H,2-4,7-8,11-13,19H2,1H3. The minimum atomic E-state index is 0.243. The fourth-order valence-electron chi connectivity index (χ4n) is 3.72. The summed E-state index contributed by atoms with van der Waals surface area (Å²) in [5, 5.41) is 0. The van der Waals surface area contributed by atoms with Crippen LogP contribution in [0.3, 0.4) is 0 Å². The van der Waals surface area contributed by atoms with Gasteiger partial charge in [-0.3, -0.25) is 0 Å². The summed E-state index contributed by atoms with van der Waals surface area (Å²) in [6, 6.07) is 8.63. The van der Waals surface area contributed by atoms with Gasteiger partial charge >= 0.3 is 0 Å². The molecule has 1 fully saturated rings. The largest absolute Gasteiger partial charge is 0.328 e. The first-order chi connectivity index (χ1) is 10.3. The second-order valence-electron chi connectivity index (χ2n) is 6.45. The van der Waals surface area contributed by atoms with E-state index < -0.39 is 0 Å². The van der Waals surface area contributed by atoms with Crippen molar-refractivity contribution in [3.05, 3.63) is 30.1 Å². The number of imidazole rings is 1. The molecule has 1 aliphatic rings. The molecule has 1 aromatic carbocycles. The number of fused-ring (bicyclic) bond motifs is 1. The third-order valence-corrected chi connectivity index (χ3v) is 4.92. The van der Waals surface area contributed by atoms with Crippen LogP contribution >= 0.6 is 0 Å². The van der Waals surface area contributed by atoms with Crippen LogP contribution in [0, 0.1) is 5.92 Å². The number of nitrogens with two attached hydrogens (primary N) is 1. The molecule has 1 atom stereocenters. The van der Waals surface area contributed by atoms with E-state index in [0.29, 0.717) is 0 Å². The van der Waals surface area contributed by atoms with Gasteiger partial charge in [0.15, 0.2) is 0 Å². The number of rotatable bonds is 6. The maximum absolute atomic E-state index is 6.38. The number of hydrogen-bond acceptors (Lipinski definition) is 2. The SMILES string of the molecule is CCn1c(CC(N)CCC2CCCC2)nc2ccccc21. The van der Waals surface area contributed by atoms with Gasteiger partial charge in [0, 0.05) is 19.0 Å². The first kappa shape index (κ1) is 14.6. The minimum absolute atomic E-state index is 0.243. The average molecular weight is 285 g/mol. The molecule has 2 N–H and O–H groups in total. The lowest BCUT2D eigenvalue weighted by Gasteiger charge is -2.15. The van der Waals surface area contributed by atoms with Crippen molar-refractivity contribution in [2.24, 2.45) is 11.7 Å². The predicted octanol–water partition coefficient (Wildman–Crippen LogP) is 3.90. The van der Waals surface area contributed by atoms with E-state index in [2.05, 4.69) is 35.8 Å². The van der Waals surface area contributed by atoms with Gasteiger partial charge in [-0.05, 0) is 37.8 Å². The molecular formula is C18H27N3. The predicted molar refractivity (Wildman–Crippen MR) is 88.3 cm³/mol. The molecule has 0 spiro atoms. The van der Waals surface area contributed by atoms with Gasteiger partial charge in [0.25, 0.3) is 0 Å². The molecule has 2 aromatic rings. The quantitative estimate of drug-likeness (QED) is 0.875. The Labute approximate surface area is 127 Å². The van der Waals surface area contributed by atoms with E-state index in [1.165, 1.54) is 37.6 Å². The number of benzene rings is 1. The number of para-hydroxylation sites is 2. The molecule has 1 heterocycles. The molecule has 21 heavy (non-hydrogen) atoms. The summed E-state index contributed by atoms with van der Waals surface area (Å²) in [7, 11) is 0. The average Bonchev–Trinajstić information content (AvgIpc) is 3.12. The van der Waals surface area contributed by atoms with Gasteiger partial charge in [0.1, 0.15) is 5.82 Å². The van der Waals surface area contributed by atoms with Gasteiger partial charge in [-0.15, -0.1) is 0 Å².